The standard InChI is InChI=1S/C21H22ClF3N4O4S/c1-34(31,32)28-17-5-2-14(12-16(17)22)13-26-19(30)7-4-15-3-6-18(21(23,24)25)27-20(15)29-8-10-33-11-9-29/h2-7,12,28H,8-11,13H2,1H3,(H,26,30). The highest BCUT2D eigenvalue weighted by molar-refractivity contribution is 7.92. The molecule has 0 radical (unpaired) electrons. The number of carbonyl (C=O) groups excluding carboxylic acids is 1. The largest absolute Gasteiger partial charge is 0.433 e. The zero-order chi connectivity index (χ0) is 24.9. The average molecular weight is 519 g/mol. The van der Waals surface area contributed by atoms with Gasteiger partial charge in [-0.25, -0.2) is 13.4 Å². The first-order valence-corrected chi connectivity index (χ1v) is 12.3. The van der Waals surface area contributed by atoms with Crippen LogP contribution < -0.4 is 14.9 Å². The van der Waals surface area contributed by atoms with Gasteiger partial charge in [-0.2, -0.15) is 13.2 Å². The SMILES string of the molecule is CS(=O)(=O)Nc1ccc(CNC(=O)C=Cc2ccc(C(F)(F)F)nc2N2CCOCC2)cc1Cl. The maximum Gasteiger partial charge on any atom is 0.433 e. The molecule has 3 rings (SSSR count). The van der Waals surface area contributed by atoms with Gasteiger partial charge in [-0.05, 0) is 35.9 Å². The summed E-state index contributed by atoms with van der Waals surface area (Å²) in [5.74, 6) is -0.356. The number of ether oxygens (including phenoxy) is 1. The minimum absolute atomic E-state index is 0.101. The van der Waals surface area contributed by atoms with E-state index >= 15 is 0 Å². The van der Waals surface area contributed by atoms with Crippen LogP contribution in [-0.4, -0.2) is 51.9 Å². The van der Waals surface area contributed by atoms with Crippen molar-refractivity contribution in [1.82, 2.24) is 10.3 Å². The summed E-state index contributed by atoms with van der Waals surface area (Å²) in [6.07, 6.45) is -0.983. The Morgan fingerprint density at radius 3 is 2.56 bits per heavy atom. The second kappa shape index (κ2) is 10.6. The van der Waals surface area contributed by atoms with Crippen molar-refractivity contribution in [1.29, 1.82) is 0 Å². The molecule has 1 aromatic heterocycles. The number of hydrogen-bond donors (Lipinski definition) is 2. The molecule has 184 valence electrons. The number of anilines is 2. The van der Waals surface area contributed by atoms with Crippen molar-refractivity contribution in [2.75, 3.05) is 42.2 Å². The predicted octanol–water partition coefficient (Wildman–Crippen LogP) is 3.29. The minimum atomic E-state index is -4.59. The molecule has 0 spiro atoms. The second-order valence-electron chi connectivity index (χ2n) is 7.45. The number of carbonyl (C=O) groups is 1. The lowest BCUT2D eigenvalue weighted by Crippen LogP contribution is -2.37. The van der Waals surface area contributed by atoms with Crippen molar-refractivity contribution in [3.63, 3.8) is 0 Å². The summed E-state index contributed by atoms with van der Waals surface area (Å²) in [6.45, 7) is 1.59. The Bertz CT molecular complexity index is 1180. The van der Waals surface area contributed by atoms with Gasteiger partial charge in [-0.15, -0.1) is 0 Å². The maximum atomic E-state index is 13.1. The Labute approximate surface area is 199 Å². The summed E-state index contributed by atoms with van der Waals surface area (Å²) in [5, 5.41) is 2.81. The van der Waals surface area contributed by atoms with Gasteiger partial charge in [0.25, 0.3) is 0 Å². The maximum absolute atomic E-state index is 13.1. The van der Waals surface area contributed by atoms with Crippen LogP contribution in [0.25, 0.3) is 6.08 Å². The quantitative estimate of drug-likeness (QED) is 0.546. The van der Waals surface area contributed by atoms with Gasteiger partial charge in [0.15, 0.2) is 0 Å². The predicted molar refractivity (Wildman–Crippen MR) is 123 cm³/mol. The van der Waals surface area contributed by atoms with Crippen molar-refractivity contribution in [2.24, 2.45) is 0 Å². The molecule has 2 heterocycles. The molecule has 0 aliphatic carbocycles. The molecule has 0 saturated carbocycles. The summed E-state index contributed by atoms with van der Waals surface area (Å²) in [7, 11) is -3.49. The molecule has 1 aromatic carbocycles. The summed E-state index contributed by atoms with van der Waals surface area (Å²) in [4.78, 5) is 17.8. The molecule has 0 bridgehead atoms. The Morgan fingerprint density at radius 2 is 1.94 bits per heavy atom. The van der Waals surface area contributed by atoms with Crippen molar-refractivity contribution in [3.8, 4) is 0 Å². The highest BCUT2D eigenvalue weighted by Crippen LogP contribution is 2.31. The Balaban J connectivity index is 1.70. The molecule has 2 N–H and O–H groups in total. The summed E-state index contributed by atoms with van der Waals surface area (Å²) in [6, 6.07) is 6.73. The fourth-order valence-electron chi connectivity index (χ4n) is 3.14. The smallest absolute Gasteiger partial charge is 0.378 e. The van der Waals surface area contributed by atoms with E-state index in [0.29, 0.717) is 37.4 Å². The van der Waals surface area contributed by atoms with Crippen molar-refractivity contribution < 1.29 is 31.1 Å². The van der Waals surface area contributed by atoms with E-state index in [1.807, 2.05) is 0 Å². The van der Waals surface area contributed by atoms with Crippen molar-refractivity contribution in [3.05, 3.63) is 58.3 Å². The van der Waals surface area contributed by atoms with Crippen molar-refractivity contribution in [2.45, 2.75) is 12.7 Å². The number of benzene rings is 1. The van der Waals surface area contributed by atoms with E-state index in [1.54, 1.807) is 11.0 Å². The van der Waals surface area contributed by atoms with Gasteiger partial charge in [0, 0.05) is 31.3 Å². The summed E-state index contributed by atoms with van der Waals surface area (Å²) >= 11 is 6.07. The first-order chi connectivity index (χ1) is 15.9. The third-order valence-electron chi connectivity index (χ3n) is 4.72. The lowest BCUT2D eigenvalue weighted by Gasteiger charge is -2.29. The van der Waals surface area contributed by atoms with E-state index < -0.39 is 27.8 Å². The number of nitrogens with one attached hydrogen (secondary N) is 2. The molecule has 34 heavy (non-hydrogen) atoms. The van der Waals surface area contributed by atoms with Gasteiger partial charge in [0.1, 0.15) is 11.5 Å². The molecule has 0 unspecified atom stereocenters. The molecule has 1 saturated heterocycles. The number of sulfonamides is 1. The van der Waals surface area contributed by atoms with E-state index in [0.717, 1.165) is 12.3 Å². The number of alkyl halides is 3. The zero-order valence-electron chi connectivity index (χ0n) is 18.0. The van der Waals surface area contributed by atoms with Crippen LogP contribution in [-0.2, 0) is 32.3 Å². The molecule has 1 amide bonds. The minimum Gasteiger partial charge on any atom is -0.378 e. The highest BCUT2D eigenvalue weighted by Gasteiger charge is 2.33. The van der Waals surface area contributed by atoms with Crippen LogP contribution in [0.3, 0.4) is 0 Å². The molecular formula is C21H22ClF3N4O4S. The van der Waals surface area contributed by atoms with Gasteiger partial charge < -0.3 is 15.0 Å². The number of halogens is 4. The van der Waals surface area contributed by atoms with E-state index in [1.165, 1.54) is 30.4 Å². The third kappa shape index (κ3) is 7.34. The van der Waals surface area contributed by atoms with E-state index in [9.17, 15) is 26.4 Å². The van der Waals surface area contributed by atoms with E-state index in [-0.39, 0.29) is 23.1 Å². The molecule has 2 aromatic rings. The molecule has 0 atom stereocenters. The molecule has 8 nitrogen and oxygen atoms in total. The average Bonchev–Trinajstić information content (AvgIpc) is 2.77. The molecular weight excluding hydrogens is 497 g/mol. The van der Waals surface area contributed by atoms with Crippen molar-refractivity contribution >= 4 is 45.1 Å². The van der Waals surface area contributed by atoms with Crippen LogP contribution in [0.15, 0.2) is 36.4 Å². The molecule has 13 heteroatoms. The lowest BCUT2D eigenvalue weighted by molar-refractivity contribution is -0.141. The van der Waals surface area contributed by atoms with Crippen LogP contribution in [0.2, 0.25) is 5.02 Å². The zero-order valence-corrected chi connectivity index (χ0v) is 19.6. The topological polar surface area (TPSA) is 101 Å². The number of morpholine rings is 1. The Hall–Kier alpha value is -2.83. The first-order valence-electron chi connectivity index (χ1n) is 10.1. The van der Waals surface area contributed by atoms with Crippen LogP contribution in [0, 0.1) is 0 Å². The molecule has 1 aliphatic heterocycles. The summed E-state index contributed by atoms with van der Waals surface area (Å²) in [5.41, 5.74) is 0.186. The van der Waals surface area contributed by atoms with Crippen LogP contribution in [0.1, 0.15) is 16.8 Å². The molecule has 1 aliphatic rings. The van der Waals surface area contributed by atoms with E-state index in [4.69, 9.17) is 16.3 Å². The third-order valence-corrected chi connectivity index (χ3v) is 5.62. The number of hydrogen-bond acceptors (Lipinski definition) is 6. The summed E-state index contributed by atoms with van der Waals surface area (Å²) < 4.78 is 69.6. The van der Waals surface area contributed by atoms with Crippen LogP contribution in [0.4, 0.5) is 24.7 Å². The first kappa shape index (κ1) is 25.8. The fraction of sp³-hybridized carbons (Fsp3) is 0.333. The number of pyridine rings is 1. The number of rotatable bonds is 7. The van der Waals surface area contributed by atoms with Gasteiger partial charge in [0.2, 0.25) is 15.9 Å². The highest BCUT2D eigenvalue weighted by atomic mass is 35.5. The van der Waals surface area contributed by atoms with E-state index in [2.05, 4.69) is 15.0 Å². The second-order valence-corrected chi connectivity index (χ2v) is 9.60. The Morgan fingerprint density at radius 1 is 1.24 bits per heavy atom. The lowest BCUT2D eigenvalue weighted by atomic mass is 10.1. The number of amides is 1. The number of nitrogens with zero attached hydrogens (tertiary/aromatic N) is 2. The number of aromatic nitrogens is 1. The normalized spacial score (nSPS) is 14.9. The fourth-order valence-corrected chi connectivity index (χ4v) is 4.02. The monoisotopic (exact) mass is 518 g/mol. The Kier molecular flexibility index (Phi) is 8.05. The van der Waals surface area contributed by atoms with Gasteiger partial charge >= 0.3 is 6.18 Å². The van der Waals surface area contributed by atoms with Crippen LogP contribution >= 0.6 is 11.6 Å². The van der Waals surface area contributed by atoms with Crippen LogP contribution in [0.5, 0.6) is 0 Å². The van der Waals surface area contributed by atoms with Gasteiger partial charge in [0.05, 0.1) is 30.2 Å². The van der Waals surface area contributed by atoms with Gasteiger partial charge in [-0.1, -0.05) is 17.7 Å². The molecule has 1 fully saturated rings. The van der Waals surface area contributed by atoms with Gasteiger partial charge in [-0.3, -0.25) is 9.52 Å².